The van der Waals surface area contributed by atoms with Crippen molar-refractivity contribution in [2.75, 3.05) is 11.2 Å². The first-order valence-electron chi connectivity index (χ1n) is 7.15. The molecule has 21 heavy (non-hydrogen) atoms. The first-order chi connectivity index (χ1) is 10.1. The van der Waals surface area contributed by atoms with Crippen molar-refractivity contribution in [2.45, 2.75) is 37.6 Å². The predicted molar refractivity (Wildman–Crippen MR) is 84.8 cm³/mol. The monoisotopic (exact) mass is 309 g/mol. The van der Waals surface area contributed by atoms with Crippen molar-refractivity contribution in [1.82, 2.24) is 0 Å². The number of hydrogen-bond donors (Lipinski definition) is 2. The summed E-state index contributed by atoms with van der Waals surface area (Å²) in [5.74, 6) is 0.653. The second-order valence-electron chi connectivity index (χ2n) is 5.30. The minimum atomic E-state index is -1.04. The van der Waals surface area contributed by atoms with Gasteiger partial charge in [-0.2, -0.15) is 0 Å². The number of halogens is 1. The molecule has 114 valence electrons. The number of nitro groups is 1. The second-order valence-corrected chi connectivity index (χ2v) is 5.68. The first-order valence-corrected chi connectivity index (χ1v) is 7.69. The van der Waals surface area contributed by atoms with Gasteiger partial charge in [-0.25, -0.2) is 0 Å². The zero-order valence-corrected chi connectivity index (χ0v) is 12.6. The Labute approximate surface area is 129 Å². The van der Waals surface area contributed by atoms with Gasteiger partial charge in [0.1, 0.15) is 5.54 Å². The van der Waals surface area contributed by atoms with Crippen LogP contribution in [0.25, 0.3) is 0 Å². The number of nitrogens with two attached hydrogens (primary N) is 1. The maximum absolute atomic E-state index is 11.3. The molecule has 2 rings (SSSR count). The molecule has 0 bridgehead atoms. The van der Waals surface area contributed by atoms with Crippen molar-refractivity contribution in [2.24, 2.45) is 5.73 Å². The van der Waals surface area contributed by atoms with Crippen LogP contribution in [-0.2, 0) is 5.54 Å². The summed E-state index contributed by atoms with van der Waals surface area (Å²) in [6.07, 6.45) is 5.78. The molecule has 1 aromatic rings. The molecule has 0 fully saturated rings. The Morgan fingerprint density at radius 2 is 1.95 bits per heavy atom. The van der Waals surface area contributed by atoms with Gasteiger partial charge >= 0.3 is 0 Å². The fourth-order valence-corrected chi connectivity index (χ4v) is 2.93. The summed E-state index contributed by atoms with van der Waals surface area (Å²) >= 11 is 5.66. The van der Waals surface area contributed by atoms with Gasteiger partial charge in [0.2, 0.25) is 0 Å². The number of anilines is 1. The number of alkyl halides is 1. The molecule has 1 aliphatic rings. The van der Waals surface area contributed by atoms with E-state index in [2.05, 4.69) is 5.32 Å². The van der Waals surface area contributed by atoms with E-state index in [9.17, 15) is 10.1 Å². The van der Waals surface area contributed by atoms with E-state index in [1.54, 1.807) is 0 Å². The molecule has 0 amide bonds. The Bertz CT molecular complexity index is 547. The zero-order chi connectivity index (χ0) is 15.3. The highest BCUT2D eigenvalue weighted by atomic mass is 35.5. The maximum atomic E-state index is 11.3. The number of benzene rings is 1. The average molecular weight is 310 g/mol. The first kappa shape index (κ1) is 15.8. The van der Waals surface area contributed by atoms with Crippen LogP contribution in [-0.4, -0.2) is 10.8 Å². The highest BCUT2D eigenvalue weighted by Gasteiger charge is 2.43. The quantitative estimate of drug-likeness (QED) is 0.349. The van der Waals surface area contributed by atoms with Gasteiger partial charge in [-0.3, -0.25) is 10.1 Å². The summed E-state index contributed by atoms with van der Waals surface area (Å²) in [6, 6.07) is 7.49. The zero-order valence-electron chi connectivity index (χ0n) is 11.8. The summed E-state index contributed by atoms with van der Waals surface area (Å²) in [5.41, 5.74) is 7.07. The van der Waals surface area contributed by atoms with Crippen LogP contribution in [0.5, 0.6) is 0 Å². The van der Waals surface area contributed by atoms with E-state index in [4.69, 9.17) is 17.3 Å². The summed E-state index contributed by atoms with van der Waals surface area (Å²) in [7, 11) is 0. The molecule has 0 aromatic heterocycles. The van der Waals surface area contributed by atoms with E-state index in [0.717, 1.165) is 36.9 Å². The van der Waals surface area contributed by atoms with Crippen LogP contribution >= 0.6 is 11.6 Å². The van der Waals surface area contributed by atoms with E-state index in [-0.39, 0.29) is 10.6 Å². The summed E-state index contributed by atoms with van der Waals surface area (Å²) in [4.78, 5) is 10.9. The van der Waals surface area contributed by atoms with Gasteiger partial charge in [-0.05, 0) is 18.9 Å². The van der Waals surface area contributed by atoms with Crippen molar-refractivity contribution >= 4 is 17.3 Å². The summed E-state index contributed by atoms with van der Waals surface area (Å²) in [6.45, 7) is 0. The van der Waals surface area contributed by atoms with Crippen molar-refractivity contribution in [3.05, 3.63) is 51.8 Å². The number of hydrogen-bond acceptors (Lipinski definition) is 4. The highest BCUT2D eigenvalue weighted by Crippen LogP contribution is 2.39. The van der Waals surface area contributed by atoms with Crippen molar-refractivity contribution in [1.29, 1.82) is 0 Å². The van der Waals surface area contributed by atoms with Gasteiger partial charge in [0, 0.05) is 17.1 Å². The van der Waals surface area contributed by atoms with E-state index in [0.29, 0.717) is 12.3 Å². The maximum Gasteiger partial charge on any atom is 0.286 e. The number of fused-ring (bicyclic) bond motifs is 1. The fraction of sp³-hybridized carbons (Fsp3) is 0.467. The van der Waals surface area contributed by atoms with Gasteiger partial charge in [-0.15, -0.1) is 11.6 Å². The molecule has 3 N–H and O–H groups in total. The van der Waals surface area contributed by atoms with Crippen LogP contribution < -0.4 is 11.1 Å². The smallest absolute Gasteiger partial charge is 0.286 e. The molecule has 0 saturated carbocycles. The third-order valence-corrected chi connectivity index (χ3v) is 4.15. The molecule has 5 nitrogen and oxygen atoms in total. The minimum Gasteiger partial charge on any atom is -0.356 e. The molecule has 1 heterocycles. The lowest BCUT2D eigenvalue weighted by Crippen LogP contribution is -2.44. The van der Waals surface area contributed by atoms with Crippen LogP contribution in [0.3, 0.4) is 0 Å². The van der Waals surface area contributed by atoms with Crippen molar-refractivity contribution in [3.63, 3.8) is 0 Å². The lowest BCUT2D eigenvalue weighted by molar-refractivity contribution is -0.436. The van der Waals surface area contributed by atoms with Crippen LogP contribution in [0.15, 0.2) is 36.2 Å². The van der Waals surface area contributed by atoms with E-state index >= 15 is 0 Å². The van der Waals surface area contributed by atoms with E-state index in [1.807, 2.05) is 24.3 Å². The molecule has 1 atom stereocenters. The third-order valence-electron chi connectivity index (χ3n) is 3.88. The standard InChI is InChI=1S/C15H20ClN3O2/c16-10-6-2-1-5-9-15(17)12-7-3-4-8-13(12)18-11-14(15)19(20)21/h3-4,7-8,11,18H,1-2,5-6,9-10,17H2. The van der Waals surface area contributed by atoms with Gasteiger partial charge in [0.05, 0.1) is 11.1 Å². The van der Waals surface area contributed by atoms with Gasteiger partial charge in [0.25, 0.3) is 5.70 Å². The Morgan fingerprint density at radius 3 is 2.67 bits per heavy atom. The molecule has 0 saturated heterocycles. The fourth-order valence-electron chi connectivity index (χ4n) is 2.74. The topological polar surface area (TPSA) is 81.2 Å². The molecule has 1 aromatic carbocycles. The number of nitrogens with zero attached hydrogens (tertiary/aromatic N) is 1. The number of rotatable bonds is 7. The average Bonchev–Trinajstić information content (AvgIpc) is 2.47. The molecule has 1 unspecified atom stereocenters. The Hall–Kier alpha value is -1.59. The largest absolute Gasteiger partial charge is 0.356 e. The highest BCUT2D eigenvalue weighted by molar-refractivity contribution is 6.17. The molecule has 1 aliphatic heterocycles. The van der Waals surface area contributed by atoms with Crippen molar-refractivity contribution < 1.29 is 4.92 Å². The second kappa shape index (κ2) is 6.91. The number of nitrogens with one attached hydrogen (secondary N) is 1. The molecule has 6 heteroatoms. The van der Waals surface area contributed by atoms with Crippen LogP contribution in [0.2, 0.25) is 0 Å². The van der Waals surface area contributed by atoms with Crippen LogP contribution in [0.4, 0.5) is 5.69 Å². The van der Waals surface area contributed by atoms with Crippen LogP contribution in [0, 0.1) is 10.1 Å². The Morgan fingerprint density at radius 1 is 1.24 bits per heavy atom. The van der Waals surface area contributed by atoms with E-state index in [1.165, 1.54) is 6.20 Å². The minimum absolute atomic E-state index is 0.0264. The van der Waals surface area contributed by atoms with Crippen molar-refractivity contribution in [3.8, 4) is 0 Å². The van der Waals surface area contributed by atoms with Crippen LogP contribution in [0.1, 0.15) is 37.7 Å². The SMILES string of the molecule is NC1(CCCCCCCl)C([N+](=O)[O-])=CNc2ccccc21. The Balaban J connectivity index is 2.19. The molecular weight excluding hydrogens is 290 g/mol. The summed E-state index contributed by atoms with van der Waals surface area (Å²) in [5, 5.41) is 14.3. The molecular formula is C15H20ClN3O2. The lowest BCUT2D eigenvalue weighted by atomic mass is 9.80. The predicted octanol–water partition coefficient (Wildman–Crippen LogP) is 3.57. The van der Waals surface area contributed by atoms with Gasteiger partial charge < -0.3 is 11.1 Å². The van der Waals surface area contributed by atoms with Gasteiger partial charge in [0.15, 0.2) is 0 Å². The molecule has 0 radical (unpaired) electrons. The number of para-hydroxylation sites is 1. The number of unbranched alkanes of at least 4 members (excludes halogenated alkanes) is 3. The molecule has 0 spiro atoms. The Kier molecular flexibility index (Phi) is 5.20. The van der Waals surface area contributed by atoms with E-state index < -0.39 is 5.54 Å². The third kappa shape index (κ3) is 3.36. The van der Waals surface area contributed by atoms with Gasteiger partial charge in [-0.1, -0.05) is 37.5 Å². The molecule has 0 aliphatic carbocycles. The lowest BCUT2D eigenvalue weighted by Gasteiger charge is -2.32. The summed E-state index contributed by atoms with van der Waals surface area (Å²) < 4.78 is 0. The normalized spacial score (nSPS) is 20.4.